The van der Waals surface area contributed by atoms with Gasteiger partial charge in [-0.2, -0.15) is 5.10 Å². The van der Waals surface area contributed by atoms with Crippen LogP contribution >= 0.6 is 0 Å². The number of hydrogen-bond donors (Lipinski definition) is 1. The van der Waals surface area contributed by atoms with E-state index in [9.17, 15) is 10.1 Å². The molecule has 96 valence electrons. The van der Waals surface area contributed by atoms with Gasteiger partial charge in [0.2, 0.25) is 0 Å². The van der Waals surface area contributed by atoms with Crippen molar-refractivity contribution < 1.29 is 4.92 Å². The SMILES string of the molecule is CC(/C=C/C(C)C)=N\Nc1ccc([N+](=O)[O-])cc1. The third-order valence-corrected chi connectivity index (χ3v) is 2.16. The highest BCUT2D eigenvalue weighted by molar-refractivity contribution is 5.93. The number of nitrogens with one attached hydrogen (secondary N) is 1. The molecule has 1 aromatic rings. The number of nitro benzene ring substituents is 1. The zero-order valence-electron chi connectivity index (χ0n) is 10.8. The number of anilines is 1. The van der Waals surface area contributed by atoms with Crippen LogP contribution in [-0.4, -0.2) is 10.6 Å². The molecular formula is C13H17N3O2. The van der Waals surface area contributed by atoms with Crippen LogP contribution in [0.3, 0.4) is 0 Å². The Balaban J connectivity index is 2.63. The van der Waals surface area contributed by atoms with E-state index in [0.29, 0.717) is 5.92 Å². The predicted octanol–water partition coefficient (Wildman–Crippen LogP) is 3.59. The van der Waals surface area contributed by atoms with Gasteiger partial charge in [0.15, 0.2) is 0 Å². The molecule has 0 bridgehead atoms. The van der Waals surface area contributed by atoms with Crippen LogP contribution in [-0.2, 0) is 0 Å². The first-order chi connectivity index (χ1) is 8.49. The van der Waals surface area contributed by atoms with E-state index in [-0.39, 0.29) is 5.69 Å². The second-order valence-corrected chi connectivity index (χ2v) is 4.27. The van der Waals surface area contributed by atoms with E-state index in [0.717, 1.165) is 11.4 Å². The lowest BCUT2D eigenvalue weighted by Crippen LogP contribution is -1.95. The zero-order valence-corrected chi connectivity index (χ0v) is 10.8. The molecule has 0 spiro atoms. The molecule has 0 radical (unpaired) electrons. The lowest BCUT2D eigenvalue weighted by Gasteiger charge is -2.01. The Morgan fingerprint density at radius 3 is 2.50 bits per heavy atom. The van der Waals surface area contributed by atoms with Crippen LogP contribution in [0.2, 0.25) is 0 Å². The Hall–Kier alpha value is -2.17. The first kappa shape index (κ1) is 13.9. The van der Waals surface area contributed by atoms with Gasteiger partial charge in [0.25, 0.3) is 5.69 Å². The lowest BCUT2D eigenvalue weighted by atomic mass is 10.2. The van der Waals surface area contributed by atoms with Gasteiger partial charge in [-0.05, 0) is 31.1 Å². The van der Waals surface area contributed by atoms with E-state index in [1.807, 2.05) is 13.0 Å². The van der Waals surface area contributed by atoms with E-state index < -0.39 is 4.92 Å². The minimum Gasteiger partial charge on any atom is -0.278 e. The lowest BCUT2D eigenvalue weighted by molar-refractivity contribution is -0.384. The molecule has 1 N–H and O–H groups in total. The topological polar surface area (TPSA) is 67.5 Å². The molecule has 18 heavy (non-hydrogen) atoms. The molecule has 0 fully saturated rings. The highest BCUT2D eigenvalue weighted by Crippen LogP contribution is 2.15. The van der Waals surface area contributed by atoms with Crippen molar-refractivity contribution in [3.8, 4) is 0 Å². The maximum atomic E-state index is 10.5. The van der Waals surface area contributed by atoms with Crippen LogP contribution in [0.5, 0.6) is 0 Å². The first-order valence-corrected chi connectivity index (χ1v) is 5.72. The fourth-order valence-electron chi connectivity index (χ4n) is 1.18. The molecule has 0 aromatic heterocycles. The third-order valence-electron chi connectivity index (χ3n) is 2.16. The van der Waals surface area contributed by atoms with Gasteiger partial charge >= 0.3 is 0 Å². The smallest absolute Gasteiger partial charge is 0.269 e. The van der Waals surface area contributed by atoms with Crippen LogP contribution in [0.4, 0.5) is 11.4 Å². The minimum atomic E-state index is -0.427. The molecule has 5 nitrogen and oxygen atoms in total. The third kappa shape index (κ3) is 4.78. The molecule has 0 saturated heterocycles. The summed E-state index contributed by atoms with van der Waals surface area (Å²) >= 11 is 0. The molecule has 0 unspecified atom stereocenters. The van der Waals surface area contributed by atoms with Crippen molar-refractivity contribution in [3.63, 3.8) is 0 Å². The van der Waals surface area contributed by atoms with Gasteiger partial charge in [0.1, 0.15) is 0 Å². The zero-order chi connectivity index (χ0) is 13.5. The number of nitrogens with zero attached hydrogens (tertiary/aromatic N) is 2. The van der Waals surface area contributed by atoms with E-state index in [4.69, 9.17) is 0 Å². The monoisotopic (exact) mass is 247 g/mol. The van der Waals surface area contributed by atoms with Crippen LogP contribution in [0, 0.1) is 16.0 Å². The summed E-state index contributed by atoms with van der Waals surface area (Å²) in [7, 11) is 0. The van der Waals surface area contributed by atoms with Crippen LogP contribution in [0.1, 0.15) is 20.8 Å². The molecule has 0 aliphatic carbocycles. The molecule has 0 aliphatic rings. The number of non-ortho nitro benzene ring substituents is 1. The Morgan fingerprint density at radius 2 is 2.00 bits per heavy atom. The average molecular weight is 247 g/mol. The minimum absolute atomic E-state index is 0.0703. The number of benzene rings is 1. The number of hydrogen-bond acceptors (Lipinski definition) is 4. The first-order valence-electron chi connectivity index (χ1n) is 5.72. The maximum absolute atomic E-state index is 10.5. The molecule has 5 heteroatoms. The van der Waals surface area contributed by atoms with Crippen LogP contribution in [0.15, 0.2) is 41.5 Å². The summed E-state index contributed by atoms with van der Waals surface area (Å²) in [6.07, 6.45) is 3.99. The highest BCUT2D eigenvalue weighted by Gasteiger charge is 2.02. The average Bonchev–Trinajstić information content (AvgIpc) is 2.34. The van der Waals surface area contributed by atoms with Crippen molar-refractivity contribution in [2.24, 2.45) is 11.0 Å². The molecule has 1 aromatic carbocycles. The highest BCUT2D eigenvalue weighted by atomic mass is 16.6. The Labute approximate surface area is 106 Å². The molecule has 0 atom stereocenters. The van der Waals surface area contributed by atoms with Crippen LogP contribution < -0.4 is 5.43 Å². The molecule has 0 saturated carbocycles. The van der Waals surface area contributed by atoms with E-state index >= 15 is 0 Å². The summed E-state index contributed by atoms with van der Waals surface area (Å²) in [5.41, 5.74) is 4.49. The van der Waals surface area contributed by atoms with Gasteiger partial charge < -0.3 is 0 Å². The maximum Gasteiger partial charge on any atom is 0.269 e. The molecule has 0 heterocycles. The summed E-state index contributed by atoms with van der Waals surface area (Å²) in [4.78, 5) is 10.0. The van der Waals surface area contributed by atoms with E-state index in [2.05, 4.69) is 30.5 Å². The Morgan fingerprint density at radius 1 is 1.39 bits per heavy atom. The van der Waals surface area contributed by atoms with Crippen molar-refractivity contribution in [1.82, 2.24) is 0 Å². The van der Waals surface area contributed by atoms with Gasteiger partial charge in [0, 0.05) is 12.1 Å². The van der Waals surface area contributed by atoms with Gasteiger partial charge in [-0.3, -0.25) is 15.5 Å². The molecule has 0 amide bonds. The van der Waals surface area contributed by atoms with Gasteiger partial charge in [-0.25, -0.2) is 0 Å². The van der Waals surface area contributed by atoms with E-state index in [1.54, 1.807) is 12.1 Å². The van der Waals surface area contributed by atoms with Gasteiger partial charge in [0.05, 0.1) is 16.3 Å². The summed E-state index contributed by atoms with van der Waals surface area (Å²) in [6, 6.07) is 6.14. The van der Waals surface area contributed by atoms with Crippen molar-refractivity contribution in [3.05, 3.63) is 46.5 Å². The fraction of sp³-hybridized carbons (Fsp3) is 0.308. The Kier molecular flexibility index (Phi) is 5.05. The van der Waals surface area contributed by atoms with Gasteiger partial charge in [-0.15, -0.1) is 0 Å². The number of hydrazone groups is 1. The van der Waals surface area contributed by atoms with Crippen molar-refractivity contribution in [1.29, 1.82) is 0 Å². The normalized spacial score (nSPS) is 12.1. The Bertz CT molecular complexity index is 462. The molecular weight excluding hydrogens is 230 g/mol. The summed E-state index contributed by atoms with van der Waals surface area (Å²) < 4.78 is 0. The largest absolute Gasteiger partial charge is 0.278 e. The quantitative estimate of drug-likeness (QED) is 0.491. The van der Waals surface area contributed by atoms with Crippen molar-refractivity contribution in [2.75, 3.05) is 5.43 Å². The fourth-order valence-corrected chi connectivity index (χ4v) is 1.18. The predicted molar refractivity (Wildman–Crippen MR) is 73.8 cm³/mol. The summed E-state index contributed by atoms with van der Waals surface area (Å²) in [5.74, 6) is 0.481. The molecule has 0 aliphatic heterocycles. The van der Waals surface area contributed by atoms with Crippen molar-refractivity contribution in [2.45, 2.75) is 20.8 Å². The van der Waals surface area contributed by atoms with Crippen LogP contribution in [0.25, 0.3) is 0 Å². The standard InChI is InChI=1S/C13H17N3O2/c1-10(2)4-5-11(3)14-15-12-6-8-13(9-7-12)16(17)18/h4-10,15H,1-3H3/b5-4+,14-11+. The number of nitro groups is 1. The molecule has 1 rings (SSSR count). The summed E-state index contributed by atoms with van der Waals surface area (Å²) in [6.45, 7) is 6.07. The second kappa shape index (κ2) is 6.54. The number of allylic oxidation sites excluding steroid dienone is 2. The van der Waals surface area contributed by atoms with Gasteiger partial charge in [-0.1, -0.05) is 19.9 Å². The second-order valence-electron chi connectivity index (χ2n) is 4.27. The number of rotatable bonds is 5. The van der Waals surface area contributed by atoms with Crippen molar-refractivity contribution >= 4 is 17.1 Å². The van der Waals surface area contributed by atoms with E-state index in [1.165, 1.54) is 12.1 Å². The summed E-state index contributed by atoms with van der Waals surface area (Å²) in [5, 5.41) is 14.6.